The van der Waals surface area contributed by atoms with Crippen LogP contribution in [0.1, 0.15) is 23.3 Å². The smallest absolute Gasteiger partial charge is 0.312 e. The summed E-state index contributed by atoms with van der Waals surface area (Å²) in [6, 6.07) is 7.37. The monoisotopic (exact) mass is 341 g/mol. The predicted molar refractivity (Wildman–Crippen MR) is 85.0 cm³/mol. The van der Waals surface area contributed by atoms with Crippen LogP contribution in [0.4, 0.5) is 4.39 Å². The van der Waals surface area contributed by atoms with Crippen LogP contribution in [0.15, 0.2) is 30.3 Å². The molecule has 4 aliphatic carbocycles. The van der Waals surface area contributed by atoms with Crippen molar-refractivity contribution in [2.24, 2.45) is 23.2 Å². The Morgan fingerprint density at radius 3 is 2.68 bits per heavy atom. The zero-order valence-electron chi connectivity index (χ0n) is 13.2. The molecule has 0 aliphatic heterocycles. The largest absolute Gasteiger partial charge is 0.481 e. The minimum Gasteiger partial charge on any atom is -0.481 e. The highest BCUT2D eigenvalue weighted by Crippen LogP contribution is 2.79. The quantitative estimate of drug-likeness (QED) is 0.793. The molecule has 1 heterocycles. The van der Waals surface area contributed by atoms with E-state index >= 15 is 0 Å². The molecular weight excluding hydrogens is 325 g/mol. The minimum absolute atomic E-state index is 0.205. The Hall–Kier alpha value is -2.70. The van der Waals surface area contributed by atoms with Crippen LogP contribution in [-0.4, -0.2) is 33.2 Å². The van der Waals surface area contributed by atoms with Crippen molar-refractivity contribution in [3.8, 4) is 11.3 Å². The van der Waals surface area contributed by atoms with E-state index in [1.165, 1.54) is 12.1 Å². The first kappa shape index (κ1) is 14.6. The summed E-state index contributed by atoms with van der Waals surface area (Å²) in [6.07, 6.45) is 1.76. The molecule has 1 aromatic carbocycles. The number of halogens is 1. The van der Waals surface area contributed by atoms with Crippen LogP contribution < -0.4 is 5.32 Å². The molecule has 25 heavy (non-hydrogen) atoms. The van der Waals surface area contributed by atoms with E-state index in [0.29, 0.717) is 11.3 Å². The van der Waals surface area contributed by atoms with Gasteiger partial charge in [0.15, 0.2) is 0 Å². The zero-order valence-corrected chi connectivity index (χ0v) is 13.2. The number of aromatic nitrogens is 2. The lowest BCUT2D eigenvalue weighted by molar-refractivity contribution is -0.144. The summed E-state index contributed by atoms with van der Waals surface area (Å²) in [7, 11) is 0. The first-order chi connectivity index (χ1) is 12.0. The molecule has 7 heteroatoms. The number of H-pyrrole nitrogens is 1. The Kier molecular flexibility index (Phi) is 2.74. The maximum Gasteiger partial charge on any atom is 0.312 e. The van der Waals surface area contributed by atoms with Crippen molar-refractivity contribution >= 4 is 11.9 Å². The Morgan fingerprint density at radius 1 is 1.28 bits per heavy atom. The SMILES string of the molecule is O=C(NC1C2CC3C(C2)C31C(=O)O)c1cc(-c2ccccc2F)n[nH]1. The van der Waals surface area contributed by atoms with E-state index in [0.717, 1.165) is 12.8 Å². The van der Waals surface area contributed by atoms with Crippen molar-refractivity contribution in [3.05, 3.63) is 41.8 Å². The van der Waals surface area contributed by atoms with Crippen LogP contribution >= 0.6 is 0 Å². The Balaban J connectivity index is 1.38. The summed E-state index contributed by atoms with van der Waals surface area (Å²) in [4.78, 5) is 24.3. The number of carbonyl (C=O) groups is 2. The van der Waals surface area contributed by atoms with Crippen LogP contribution in [0, 0.1) is 29.0 Å². The number of carboxylic acids is 1. The number of aliphatic carboxylic acids is 1. The van der Waals surface area contributed by atoms with Crippen LogP contribution in [0.25, 0.3) is 11.3 Å². The number of hydrogen-bond acceptors (Lipinski definition) is 3. The molecule has 6 nitrogen and oxygen atoms in total. The molecule has 0 radical (unpaired) electrons. The molecule has 3 atom stereocenters. The van der Waals surface area contributed by atoms with Gasteiger partial charge in [-0.15, -0.1) is 0 Å². The first-order valence-corrected chi connectivity index (χ1v) is 8.38. The lowest BCUT2D eigenvalue weighted by Crippen LogP contribution is -2.44. The van der Waals surface area contributed by atoms with Crippen LogP contribution in [0.3, 0.4) is 0 Å². The molecule has 0 spiro atoms. The van der Waals surface area contributed by atoms with Crippen LogP contribution in [0.5, 0.6) is 0 Å². The predicted octanol–water partition coefficient (Wildman–Crippen LogP) is 2.05. The molecule has 4 aliphatic rings. The van der Waals surface area contributed by atoms with Crippen molar-refractivity contribution in [1.29, 1.82) is 0 Å². The summed E-state index contributed by atoms with van der Waals surface area (Å²) < 4.78 is 13.8. The molecule has 6 rings (SSSR count). The normalized spacial score (nSPS) is 34.1. The summed E-state index contributed by atoms with van der Waals surface area (Å²) in [5.74, 6) is -0.956. The summed E-state index contributed by atoms with van der Waals surface area (Å²) in [6.45, 7) is 0. The molecular formula is C18H16FN3O3. The van der Waals surface area contributed by atoms with Crippen molar-refractivity contribution in [2.45, 2.75) is 18.9 Å². The number of benzene rings is 1. The fourth-order valence-electron chi connectivity index (χ4n) is 5.31. The highest BCUT2D eigenvalue weighted by atomic mass is 19.1. The molecule has 128 valence electrons. The summed E-state index contributed by atoms with van der Waals surface area (Å²) in [5, 5.41) is 19.2. The number of rotatable bonds is 4. The van der Waals surface area contributed by atoms with E-state index in [1.807, 2.05) is 0 Å². The molecule has 4 bridgehead atoms. The second-order valence-corrected chi connectivity index (χ2v) is 7.28. The molecule has 3 unspecified atom stereocenters. The van der Waals surface area contributed by atoms with Crippen molar-refractivity contribution < 1.29 is 19.1 Å². The lowest BCUT2D eigenvalue weighted by atomic mass is 9.97. The average Bonchev–Trinajstić information content (AvgIpc) is 3.11. The van der Waals surface area contributed by atoms with E-state index in [2.05, 4.69) is 15.5 Å². The zero-order chi connectivity index (χ0) is 17.3. The fraction of sp³-hybridized carbons (Fsp3) is 0.389. The standard InChI is InChI=1S/C18H16FN3O3/c19-12-4-2-1-3-9(12)13-7-14(22-21-13)16(23)20-15-8-5-10-11(6-8)18(10,15)17(24)25/h1-4,7-8,10-11,15H,5-6H2,(H,20,23)(H,21,22)(H,24,25). The van der Waals surface area contributed by atoms with Gasteiger partial charge in [-0.25, -0.2) is 4.39 Å². The van der Waals surface area contributed by atoms with Gasteiger partial charge in [-0.3, -0.25) is 14.7 Å². The average molecular weight is 341 g/mol. The fourth-order valence-corrected chi connectivity index (χ4v) is 5.31. The third-order valence-corrected chi connectivity index (χ3v) is 6.33. The van der Waals surface area contributed by atoms with Crippen LogP contribution in [-0.2, 0) is 4.79 Å². The van der Waals surface area contributed by atoms with Gasteiger partial charge in [0.1, 0.15) is 11.5 Å². The van der Waals surface area contributed by atoms with E-state index < -0.39 is 17.2 Å². The van der Waals surface area contributed by atoms with E-state index in [9.17, 15) is 19.1 Å². The van der Waals surface area contributed by atoms with Crippen LogP contribution in [0.2, 0.25) is 0 Å². The molecule has 2 aromatic rings. The molecule has 4 saturated carbocycles. The molecule has 3 N–H and O–H groups in total. The number of amides is 1. The van der Waals surface area contributed by atoms with E-state index in [-0.39, 0.29) is 35.4 Å². The highest BCUT2D eigenvalue weighted by Gasteiger charge is 2.83. The van der Waals surface area contributed by atoms with Crippen molar-refractivity contribution in [3.63, 3.8) is 0 Å². The first-order valence-electron chi connectivity index (χ1n) is 8.38. The van der Waals surface area contributed by atoms with Gasteiger partial charge >= 0.3 is 5.97 Å². The summed E-state index contributed by atoms with van der Waals surface area (Å²) >= 11 is 0. The van der Waals surface area contributed by atoms with Gasteiger partial charge in [0.25, 0.3) is 5.91 Å². The molecule has 0 saturated heterocycles. The van der Waals surface area contributed by atoms with E-state index in [1.54, 1.807) is 18.2 Å². The van der Waals surface area contributed by atoms with Gasteiger partial charge < -0.3 is 10.4 Å². The number of carbonyl (C=O) groups excluding carboxylic acids is 1. The third-order valence-electron chi connectivity index (χ3n) is 6.33. The van der Waals surface area contributed by atoms with Gasteiger partial charge in [-0.2, -0.15) is 5.10 Å². The number of nitrogens with one attached hydrogen (secondary N) is 2. The van der Waals surface area contributed by atoms with Gasteiger partial charge in [0.05, 0.1) is 11.1 Å². The molecule has 1 aromatic heterocycles. The van der Waals surface area contributed by atoms with Gasteiger partial charge in [-0.05, 0) is 48.8 Å². The van der Waals surface area contributed by atoms with Gasteiger partial charge in [0, 0.05) is 11.6 Å². The number of carboxylic acid groups (broad SMARTS) is 1. The second kappa shape index (κ2) is 4.68. The van der Waals surface area contributed by atoms with Gasteiger partial charge in [0.2, 0.25) is 0 Å². The second-order valence-electron chi connectivity index (χ2n) is 7.28. The van der Waals surface area contributed by atoms with Crippen molar-refractivity contribution in [2.75, 3.05) is 0 Å². The number of nitrogens with zero attached hydrogens (tertiary/aromatic N) is 1. The Labute approximate surface area is 142 Å². The minimum atomic E-state index is -0.801. The third kappa shape index (κ3) is 1.75. The molecule has 4 fully saturated rings. The molecule has 1 amide bonds. The highest BCUT2D eigenvalue weighted by molar-refractivity contribution is 5.95. The van der Waals surface area contributed by atoms with Crippen molar-refractivity contribution in [1.82, 2.24) is 15.5 Å². The Morgan fingerprint density at radius 2 is 2.00 bits per heavy atom. The maximum atomic E-state index is 13.8. The van der Waals surface area contributed by atoms with Gasteiger partial charge in [-0.1, -0.05) is 12.1 Å². The maximum absolute atomic E-state index is 13.8. The van der Waals surface area contributed by atoms with E-state index in [4.69, 9.17) is 0 Å². The summed E-state index contributed by atoms with van der Waals surface area (Å²) in [5.41, 5.74) is 0.0934. The number of aromatic amines is 1. The number of hydrogen-bond donors (Lipinski definition) is 3. The topological polar surface area (TPSA) is 95.1 Å². The lowest BCUT2D eigenvalue weighted by Gasteiger charge is -2.21. The Bertz CT molecular complexity index is 896.